The highest BCUT2D eigenvalue weighted by molar-refractivity contribution is 5.93. The minimum absolute atomic E-state index is 0.0135. The number of para-hydroxylation sites is 1. The third kappa shape index (κ3) is 6.91. The molecule has 0 spiro atoms. The molecule has 2 heterocycles. The van der Waals surface area contributed by atoms with Gasteiger partial charge in [-0.1, -0.05) is 88.1 Å². The Balaban J connectivity index is 1.62. The average Bonchev–Trinajstić information content (AvgIpc) is 2.90. The lowest BCUT2D eigenvalue weighted by molar-refractivity contribution is 0.0739. The first kappa shape index (κ1) is 24.9. The van der Waals surface area contributed by atoms with E-state index in [0.717, 1.165) is 38.3 Å². The van der Waals surface area contributed by atoms with E-state index in [-0.39, 0.29) is 11.8 Å². The maximum Gasteiger partial charge on any atom is 0.257 e. The highest BCUT2D eigenvalue weighted by Crippen LogP contribution is 2.26. The summed E-state index contributed by atoms with van der Waals surface area (Å²) < 4.78 is 0. The molecule has 5 heteroatoms. The zero-order chi connectivity index (χ0) is 24.5. The van der Waals surface area contributed by atoms with E-state index in [1.54, 1.807) is 12.4 Å². The molecule has 1 aromatic heterocycles. The quantitative estimate of drug-likeness (QED) is 0.431. The van der Waals surface area contributed by atoms with Gasteiger partial charge in [0.1, 0.15) is 5.82 Å². The lowest BCUT2D eigenvalue weighted by Crippen LogP contribution is -2.33. The van der Waals surface area contributed by atoms with Gasteiger partial charge >= 0.3 is 0 Å². The average molecular weight is 471 g/mol. The maximum atomic E-state index is 13.6. The summed E-state index contributed by atoms with van der Waals surface area (Å²) in [5.74, 6) is 1.03. The van der Waals surface area contributed by atoms with Crippen LogP contribution in [0.25, 0.3) is 0 Å². The SMILES string of the molecule is CC(C)c1ncc(C(=O)N2CCCCCCCCN(Cc3ccccc3)c3ccccc3C2)cn1. The number of amides is 1. The summed E-state index contributed by atoms with van der Waals surface area (Å²) in [6.07, 6.45) is 10.5. The van der Waals surface area contributed by atoms with Crippen LogP contribution >= 0.6 is 0 Å². The van der Waals surface area contributed by atoms with E-state index in [1.165, 1.54) is 42.5 Å². The smallest absolute Gasteiger partial charge is 0.257 e. The van der Waals surface area contributed by atoms with Crippen molar-refractivity contribution in [2.75, 3.05) is 18.0 Å². The first-order valence-electron chi connectivity index (χ1n) is 13.1. The topological polar surface area (TPSA) is 49.3 Å². The van der Waals surface area contributed by atoms with Crippen molar-refractivity contribution in [2.24, 2.45) is 0 Å². The number of carbonyl (C=O) groups excluding carboxylic acids is 1. The number of hydrogen-bond acceptors (Lipinski definition) is 4. The van der Waals surface area contributed by atoms with Gasteiger partial charge in [0, 0.05) is 50.2 Å². The second-order valence-corrected chi connectivity index (χ2v) is 9.87. The zero-order valence-corrected chi connectivity index (χ0v) is 21.2. The Morgan fingerprint density at radius 2 is 1.46 bits per heavy atom. The molecule has 1 aliphatic heterocycles. The summed E-state index contributed by atoms with van der Waals surface area (Å²) in [6, 6.07) is 19.2. The molecule has 0 saturated heterocycles. The fraction of sp³-hybridized carbons (Fsp3) is 0.433. The summed E-state index contributed by atoms with van der Waals surface area (Å²) in [5.41, 5.74) is 4.29. The van der Waals surface area contributed by atoms with Crippen LogP contribution in [0.4, 0.5) is 5.69 Å². The minimum atomic E-state index is 0.0135. The molecule has 1 amide bonds. The highest BCUT2D eigenvalue weighted by Gasteiger charge is 2.20. The van der Waals surface area contributed by atoms with Crippen LogP contribution < -0.4 is 4.90 Å². The largest absolute Gasteiger partial charge is 0.367 e. The standard InChI is InChI=1S/C30H38N4O/c1-24(2)29-31-20-27(21-32-29)30(35)34-19-13-6-4-3-5-12-18-33(22-25-14-8-7-9-15-25)28-17-11-10-16-26(28)23-34/h7-11,14-17,20-21,24H,3-6,12-13,18-19,22-23H2,1-2H3. The number of aromatic nitrogens is 2. The van der Waals surface area contributed by atoms with E-state index < -0.39 is 0 Å². The van der Waals surface area contributed by atoms with Gasteiger partial charge in [0.25, 0.3) is 5.91 Å². The predicted molar refractivity (Wildman–Crippen MR) is 142 cm³/mol. The third-order valence-corrected chi connectivity index (χ3v) is 6.74. The van der Waals surface area contributed by atoms with Gasteiger partial charge in [-0.2, -0.15) is 0 Å². The van der Waals surface area contributed by atoms with Crippen molar-refractivity contribution in [3.05, 3.63) is 89.5 Å². The lowest BCUT2D eigenvalue weighted by Gasteiger charge is -2.30. The van der Waals surface area contributed by atoms with E-state index in [0.29, 0.717) is 12.1 Å². The van der Waals surface area contributed by atoms with Crippen molar-refractivity contribution >= 4 is 11.6 Å². The summed E-state index contributed by atoms with van der Waals surface area (Å²) in [5, 5.41) is 0. The second-order valence-electron chi connectivity index (χ2n) is 9.87. The van der Waals surface area contributed by atoms with Gasteiger partial charge < -0.3 is 9.80 Å². The van der Waals surface area contributed by atoms with Crippen LogP contribution in [0.1, 0.15) is 85.6 Å². The molecule has 0 unspecified atom stereocenters. The number of rotatable bonds is 4. The van der Waals surface area contributed by atoms with Crippen LogP contribution in [-0.4, -0.2) is 33.9 Å². The van der Waals surface area contributed by atoms with Crippen LogP contribution in [0.15, 0.2) is 67.0 Å². The van der Waals surface area contributed by atoms with Crippen LogP contribution in [-0.2, 0) is 13.1 Å². The van der Waals surface area contributed by atoms with Crippen molar-refractivity contribution in [3.63, 3.8) is 0 Å². The summed E-state index contributed by atoms with van der Waals surface area (Å²) in [7, 11) is 0. The fourth-order valence-electron chi connectivity index (χ4n) is 4.74. The minimum Gasteiger partial charge on any atom is -0.367 e. The van der Waals surface area contributed by atoms with Crippen LogP contribution in [0.5, 0.6) is 0 Å². The zero-order valence-electron chi connectivity index (χ0n) is 21.2. The predicted octanol–water partition coefficient (Wildman–Crippen LogP) is 6.60. The molecule has 35 heavy (non-hydrogen) atoms. The van der Waals surface area contributed by atoms with Crippen LogP contribution in [0.2, 0.25) is 0 Å². The van der Waals surface area contributed by atoms with Crippen molar-refractivity contribution in [1.82, 2.24) is 14.9 Å². The molecular weight excluding hydrogens is 432 g/mol. The highest BCUT2D eigenvalue weighted by atomic mass is 16.2. The molecule has 0 bridgehead atoms. The third-order valence-electron chi connectivity index (χ3n) is 6.74. The van der Waals surface area contributed by atoms with Crippen molar-refractivity contribution in [2.45, 2.75) is 71.4 Å². The Morgan fingerprint density at radius 1 is 0.829 bits per heavy atom. The molecule has 0 radical (unpaired) electrons. The second kappa shape index (κ2) is 12.5. The van der Waals surface area contributed by atoms with Gasteiger partial charge in [-0.05, 0) is 30.0 Å². The van der Waals surface area contributed by atoms with Crippen LogP contribution in [0, 0.1) is 0 Å². The van der Waals surface area contributed by atoms with Gasteiger partial charge in [-0.3, -0.25) is 4.79 Å². The number of fused-ring (bicyclic) bond motifs is 1. The van der Waals surface area contributed by atoms with E-state index in [9.17, 15) is 4.79 Å². The van der Waals surface area contributed by atoms with E-state index in [2.05, 4.69) is 83.3 Å². The first-order valence-corrected chi connectivity index (χ1v) is 13.1. The Bertz CT molecular complexity index is 1070. The van der Waals surface area contributed by atoms with Gasteiger partial charge in [0.15, 0.2) is 0 Å². The molecule has 0 aliphatic carbocycles. The van der Waals surface area contributed by atoms with Gasteiger partial charge in [0.05, 0.1) is 5.56 Å². The van der Waals surface area contributed by atoms with Gasteiger partial charge in [0.2, 0.25) is 0 Å². The molecule has 3 aromatic rings. The van der Waals surface area contributed by atoms with E-state index in [1.807, 2.05) is 4.90 Å². The van der Waals surface area contributed by atoms with Crippen LogP contribution in [0.3, 0.4) is 0 Å². The molecule has 0 N–H and O–H groups in total. The maximum absolute atomic E-state index is 13.6. The Labute approximate surface area is 210 Å². The fourth-order valence-corrected chi connectivity index (χ4v) is 4.74. The Kier molecular flexibility index (Phi) is 8.88. The number of carbonyl (C=O) groups is 1. The summed E-state index contributed by atoms with van der Waals surface area (Å²) >= 11 is 0. The molecule has 0 atom stereocenters. The van der Waals surface area contributed by atoms with Crippen molar-refractivity contribution in [3.8, 4) is 0 Å². The molecule has 1 aliphatic rings. The van der Waals surface area contributed by atoms with Crippen molar-refractivity contribution < 1.29 is 4.79 Å². The molecule has 0 saturated carbocycles. The number of anilines is 1. The Hall–Kier alpha value is -3.21. The number of benzene rings is 2. The molecule has 2 aromatic carbocycles. The van der Waals surface area contributed by atoms with Crippen molar-refractivity contribution in [1.29, 1.82) is 0 Å². The number of hydrogen-bond donors (Lipinski definition) is 0. The van der Waals surface area contributed by atoms with Gasteiger partial charge in [-0.15, -0.1) is 0 Å². The molecule has 0 fully saturated rings. The van der Waals surface area contributed by atoms with E-state index in [4.69, 9.17) is 0 Å². The monoisotopic (exact) mass is 470 g/mol. The molecule has 5 nitrogen and oxygen atoms in total. The van der Waals surface area contributed by atoms with Gasteiger partial charge in [-0.25, -0.2) is 9.97 Å². The van der Waals surface area contributed by atoms with E-state index >= 15 is 0 Å². The Morgan fingerprint density at radius 3 is 2.17 bits per heavy atom. The molecule has 4 rings (SSSR count). The summed E-state index contributed by atoms with van der Waals surface area (Å²) in [6.45, 7) is 7.35. The lowest BCUT2D eigenvalue weighted by atomic mass is 10.1. The molecular formula is C30H38N4O. The molecule has 184 valence electrons. The normalized spacial score (nSPS) is 15.6. The first-order chi connectivity index (χ1) is 17.1. The summed E-state index contributed by atoms with van der Waals surface area (Å²) in [4.78, 5) is 27.0. The number of nitrogens with zero attached hydrogens (tertiary/aromatic N) is 4.